The summed E-state index contributed by atoms with van der Waals surface area (Å²) >= 11 is 0. The topological polar surface area (TPSA) is 52.5 Å². The average Bonchev–Trinajstić information content (AvgIpc) is 2.73. The maximum absolute atomic E-state index is 9.98. The standard InChI is InChI=1S/C27H57NO2/c1-3-5-7-9-10-11-12-13-14-15-16-17-18-19-20-21-23-25-27(30)28-26(29)24-22-8-6-4-2/h26-30H,3-25H2,1-2H3. The van der Waals surface area contributed by atoms with Crippen LogP contribution >= 0.6 is 0 Å². The zero-order valence-corrected chi connectivity index (χ0v) is 20.8. The molecule has 2 atom stereocenters. The van der Waals surface area contributed by atoms with E-state index in [1.165, 1.54) is 122 Å². The van der Waals surface area contributed by atoms with E-state index in [-0.39, 0.29) is 0 Å². The molecule has 2 unspecified atom stereocenters. The van der Waals surface area contributed by atoms with E-state index >= 15 is 0 Å². The van der Waals surface area contributed by atoms with E-state index in [1.54, 1.807) is 0 Å². The highest BCUT2D eigenvalue weighted by Crippen LogP contribution is 2.14. The number of hydrogen-bond donors (Lipinski definition) is 3. The summed E-state index contributed by atoms with van der Waals surface area (Å²) in [6.45, 7) is 4.48. The fourth-order valence-corrected chi connectivity index (χ4v) is 4.22. The van der Waals surface area contributed by atoms with Gasteiger partial charge in [0.05, 0.1) is 0 Å². The highest BCUT2D eigenvalue weighted by atomic mass is 16.3. The van der Waals surface area contributed by atoms with Crippen molar-refractivity contribution in [2.24, 2.45) is 0 Å². The number of aliphatic hydroxyl groups is 2. The summed E-state index contributed by atoms with van der Waals surface area (Å²) in [7, 11) is 0. The van der Waals surface area contributed by atoms with Gasteiger partial charge in [0.15, 0.2) is 0 Å². The van der Waals surface area contributed by atoms with Crippen LogP contribution in [0.4, 0.5) is 0 Å². The minimum Gasteiger partial charge on any atom is -0.379 e. The maximum atomic E-state index is 9.98. The Morgan fingerprint density at radius 2 is 0.633 bits per heavy atom. The Morgan fingerprint density at radius 3 is 0.933 bits per heavy atom. The van der Waals surface area contributed by atoms with Gasteiger partial charge in [-0.25, -0.2) is 0 Å². The summed E-state index contributed by atoms with van der Waals surface area (Å²) in [5.74, 6) is 0. The van der Waals surface area contributed by atoms with Crippen LogP contribution in [0.1, 0.15) is 162 Å². The predicted molar refractivity (Wildman–Crippen MR) is 133 cm³/mol. The smallest absolute Gasteiger partial charge is 0.106 e. The molecule has 3 heteroatoms. The van der Waals surface area contributed by atoms with Gasteiger partial charge in [-0.1, -0.05) is 136 Å². The summed E-state index contributed by atoms with van der Waals surface area (Å²) in [5.41, 5.74) is 0. The van der Waals surface area contributed by atoms with E-state index in [0.29, 0.717) is 0 Å². The first-order chi connectivity index (χ1) is 14.7. The lowest BCUT2D eigenvalue weighted by Crippen LogP contribution is -2.38. The number of nitrogens with one attached hydrogen (secondary N) is 1. The molecule has 0 saturated heterocycles. The summed E-state index contributed by atoms with van der Waals surface area (Å²) < 4.78 is 0. The highest BCUT2D eigenvalue weighted by Gasteiger charge is 2.09. The Labute approximate surface area is 189 Å². The highest BCUT2D eigenvalue weighted by molar-refractivity contribution is 4.59. The monoisotopic (exact) mass is 427 g/mol. The summed E-state index contributed by atoms with van der Waals surface area (Å²) in [6.07, 6.45) is 28.4. The third kappa shape index (κ3) is 24.2. The lowest BCUT2D eigenvalue weighted by atomic mass is 10.0. The molecule has 3 N–H and O–H groups in total. The van der Waals surface area contributed by atoms with Crippen molar-refractivity contribution in [3.8, 4) is 0 Å². The first kappa shape index (κ1) is 29.9. The molecule has 0 rings (SSSR count). The van der Waals surface area contributed by atoms with Crippen LogP contribution in [0.15, 0.2) is 0 Å². The van der Waals surface area contributed by atoms with Gasteiger partial charge in [-0.05, 0) is 25.7 Å². The Kier molecular flexibility index (Phi) is 25.0. The minimum atomic E-state index is -0.553. The molecular weight excluding hydrogens is 370 g/mol. The number of hydrogen-bond acceptors (Lipinski definition) is 3. The molecule has 0 aliphatic carbocycles. The third-order valence-corrected chi connectivity index (χ3v) is 6.30. The summed E-state index contributed by atoms with van der Waals surface area (Å²) in [6, 6.07) is 0. The molecule has 3 nitrogen and oxygen atoms in total. The van der Waals surface area contributed by atoms with Gasteiger partial charge in [-0.3, -0.25) is 5.32 Å². The van der Waals surface area contributed by atoms with Crippen molar-refractivity contribution in [2.45, 2.75) is 174 Å². The van der Waals surface area contributed by atoms with Gasteiger partial charge >= 0.3 is 0 Å². The molecule has 0 bridgehead atoms. The molecule has 0 spiro atoms. The Hall–Kier alpha value is -0.120. The van der Waals surface area contributed by atoms with Crippen LogP contribution in [0, 0.1) is 0 Å². The second kappa shape index (κ2) is 25.1. The lowest BCUT2D eigenvalue weighted by Gasteiger charge is -2.18. The van der Waals surface area contributed by atoms with Crippen molar-refractivity contribution in [1.29, 1.82) is 0 Å². The quantitative estimate of drug-likeness (QED) is 0.102. The molecule has 0 radical (unpaired) electrons. The van der Waals surface area contributed by atoms with Gasteiger partial charge < -0.3 is 10.2 Å². The van der Waals surface area contributed by atoms with Crippen LogP contribution in [-0.4, -0.2) is 22.7 Å². The molecule has 30 heavy (non-hydrogen) atoms. The Bertz CT molecular complexity index is 311. The number of unbranched alkanes of at least 4 members (excludes halogenated alkanes) is 19. The van der Waals surface area contributed by atoms with Crippen LogP contribution in [-0.2, 0) is 0 Å². The van der Waals surface area contributed by atoms with Crippen molar-refractivity contribution in [2.75, 3.05) is 0 Å². The van der Waals surface area contributed by atoms with Crippen molar-refractivity contribution in [3.63, 3.8) is 0 Å². The largest absolute Gasteiger partial charge is 0.379 e. The SMILES string of the molecule is CCCCCCCCCCCCCCCCCCCC(O)NC(O)CCCCCC. The van der Waals surface area contributed by atoms with Gasteiger partial charge in [0.25, 0.3) is 0 Å². The zero-order valence-electron chi connectivity index (χ0n) is 20.8. The van der Waals surface area contributed by atoms with Gasteiger partial charge in [-0.2, -0.15) is 0 Å². The molecule has 0 fully saturated rings. The first-order valence-corrected chi connectivity index (χ1v) is 13.8. The van der Waals surface area contributed by atoms with Gasteiger partial charge in [-0.15, -0.1) is 0 Å². The molecule has 0 amide bonds. The fourth-order valence-electron chi connectivity index (χ4n) is 4.22. The van der Waals surface area contributed by atoms with Crippen LogP contribution in [0.5, 0.6) is 0 Å². The van der Waals surface area contributed by atoms with Crippen LogP contribution in [0.25, 0.3) is 0 Å². The van der Waals surface area contributed by atoms with Gasteiger partial charge in [0.1, 0.15) is 12.5 Å². The zero-order chi connectivity index (χ0) is 22.1. The number of rotatable bonds is 25. The van der Waals surface area contributed by atoms with E-state index < -0.39 is 12.5 Å². The van der Waals surface area contributed by atoms with Crippen molar-refractivity contribution < 1.29 is 10.2 Å². The number of aliphatic hydroxyl groups excluding tert-OH is 2. The molecule has 0 aromatic rings. The van der Waals surface area contributed by atoms with Crippen molar-refractivity contribution >= 4 is 0 Å². The maximum Gasteiger partial charge on any atom is 0.106 e. The third-order valence-electron chi connectivity index (χ3n) is 6.30. The van der Waals surface area contributed by atoms with Crippen LogP contribution in [0.2, 0.25) is 0 Å². The van der Waals surface area contributed by atoms with E-state index in [1.807, 2.05) is 0 Å². The molecule has 0 aromatic heterocycles. The second-order valence-corrected chi connectivity index (χ2v) is 9.49. The van der Waals surface area contributed by atoms with Crippen molar-refractivity contribution in [1.82, 2.24) is 5.32 Å². The molecule has 0 aliphatic heterocycles. The van der Waals surface area contributed by atoms with E-state index in [0.717, 1.165) is 25.7 Å². The van der Waals surface area contributed by atoms with Gasteiger partial charge in [0, 0.05) is 0 Å². The van der Waals surface area contributed by atoms with Crippen LogP contribution in [0.3, 0.4) is 0 Å². The molecular formula is C27H57NO2. The summed E-state index contributed by atoms with van der Waals surface area (Å²) in [5, 5.41) is 22.8. The fraction of sp³-hybridized carbons (Fsp3) is 1.00. The average molecular weight is 428 g/mol. The van der Waals surface area contributed by atoms with E-state index in [4.69, 9.17) is 0 Å². The Morgan fingerprint density at radius 1 is 0.400 bits per heavy atom. The van der Waals surface area contributed by atoms with Crippen molar-refractivity contribution in [3.05, 3.63) is 0 Å². The normalized spacial score (nSPS) is 13.6. The molecule has 182 valence electrons. The van der Waals surface area contributed by atoms with E-state index in [9.17, 15) is 10.2 Å². The summed E-state index contributed by atoms with van der Waals surface area (Å²) in [4.78, 5) is 0. The minimum absolute atomic E-state index is 0.553. The van der Waals surface area contributed by atoms with Gasteiger partial charge in [0.2, 0.25) is 0 Å². The first-order valence-electron chi connectivity index (χ1n) is 13.8. The molecule has 0 heterocycles. The van der Waals surface area contributed by atoms with E-state index in [2.05, 4.69) is 19.2 Å². The predicted octanol–water partition coefficient (Wildman–Crippen LogP) is 8.22. The molecule has 0 saturated carbocycles. The Balaban J connectivity index is 3.20. The van der Waals surface area contributed by atoms with Crippen LogP contribution < -0.4 is 5.32 Å². The molecule has 0 aromatic carbocycles. The molecule has 0 aliphatic rings. The lowest BCUT2D eigenvalue weighted by molar-refractivity contribution is 0.0310. The second-order valence-electron chi connectivity index (χ2n) is 9.49.